The Morgan fingerprint density at radius 3 is 2.75 bits per heavy atom. The van der Waals surface area contributed by atoms with Crippen molar-refractivity contribution in [3.63, 3.8) is 0 Å². The van der Waals surface area contributed by atoms with Crippen LogP contribution in [0.25, 0.3) is 11.5 Å². The van der Waals surface area contributed by atoms with Crippen molar-refractivity contribution in [2.75, 3.05) is 0 Å². The van der Waals surface area contributed by atoms with Gasteiger partial charge in [0.05, 0.1) is 11.3 Å². The molecule has 3 rings (SSSR count). The van der Waals surface area contributed by atoms with E-state index in [2.05, 4.69) is 52.4 Å². The molecule has 0 bridgehead atoms. The van der Waals surface area contributed by atoms with Gasteiger partial charge in [-0.05, 0) is 28.1 Å². The van der Waals surface area contributed by atoms with Gasteiger partial charge in [-0.3, -0.25) is 0 Å². The molecular formula is C12H9Br2N5O. The van der Waals surface area contributed by atoms with Crippen molar-refractivity contribution >= 4 is 31.9 Å². The third kappa shape index (κ3) is 2.80. The number of halogens is 2. The van der Waals surface area contributed by atoms with E-state index >= 15 is 0 Å². The Labute approximate surface area is 131 Å². The van der Waals surface area contributed by atoms with Gasteiger partial charge in [0.2, 0.25) is 11.8 Å². The average Bonchev–Trinajstić information content (AvgIpc) is 3.09. The maximum Gasteiger partial charge on any atom is 0.248 e. The number of aromatic nitrogens is 5. The first kappa shape index (κ1) is 13.4. The van der Waals surface area contributed by atoms with Crippen molar-refractivity contribution in [3.05, 3.63) is 46.5 Å². The van der Waals surface area contributed by atoms with Crippen LogP contribution in [-0.2, 0) is 11.9 Å². The van der Waals surface area contributed by atoms with Gasteiger partial charge in [-0.2, -0.15) is 0 Å². The fraction of sp³-hybridized carbons (Fsp3) is 0.167. The molecular weight excluding hydrogens is 390 g/mol. The van der Waals surface area contributed by atoms with Crippen molar-refractivity contribution in [1.29, 1.82) is 0 Å². The molecule has 2 heterocycles. The second kappa shape index (κ2) is 5.84. The highest BCUT2D eigenvalue weighted by Gasteiger charge is 2.12. The minimum atomic E-state index is 0.400. The standard InChI is InChI=1S/C12H9Br2N5O/c13-5-8-6-19(18-15-8)7-11-16-17-12(20-11)9-3-1-2-4-10(9)14/h1-4,6H,5,7H2. The molecule has 0 atom stereocenters. The predicted octanol–water partition coefficient (Wildman–Crippen LogP) is 3.03. The molecule has 0 aliphatic rings. The van der Waals surface area contributed by atoms with Crippen molar-refractivity contribution in [2.45, 2.75) is 11.9 Å². The topological polar surface area (TPSA) is 69.6 Å². The summed E-state index contributed by atoms with van der Waals surface area (Å²) in [7, 11) is 0. The summed E-state index contributed by atoms with van der Waals surface area (Å²) in [5, 5.41) is 16.7. The van der Waals surface area contributed by atoms with Gasteiger partial charge in [-0.15, -0.1) is 15.3 Å². The van der Waals surface area contributed by atoms with E-state index in [4.69, 9.17) is 4.42 Å². The molecule has 0 unspecified atom stereocenters. The highest BCUT2D eigenvalue weighted by atomic mass is 79.9. The Morgan fingerprint density at radius 1 is 1.15 bits per heavy atom. The van der Waals surface area contributed by atoms with Crippen LogP contribution in [0.15, 0.2) is 39.4 Å². The smallest absolute Gasteiger partial charge is 0.248 e. The zero-order valence-electron chi connectivity index (χ0n) is 10.2. The van der Waals surface area contributed by atoms with Crippen LogP contribution in [0, 0.1) is 0 Å². The van der Waals surface area contributed by atoms with Crippen LogP contribution in [0.1, 0.15) is 11.6 Å². The molecule has 0 aliphatic carbocycles. The van der Waals surface area contributed by atoms with Gasteiger partial charge in [0.25, 0.3) is 0 Å². The van der Waals surface area contributed by atoms with E-state index < -0.39 is 0 Å². The van der Waals surface area contributed by atoms with Crippen molar-refractivity contribution in [2.24, 2.45) is 0 Å². The second-order valence-corrected chi connectivity index (χ2v) is 5.44. The number of hydrogen-bond acceptors (Lipinski definition) is 5. The maximum absolute atomic E-state index is 5.64. The normalized spacial score (nSPS) is 10.9. The Morgan fingerprint density at radius 2 is 2.00 bits per heavy atom. The molecule has 0 radical (unpaired) electrons. The van der Waals surface area contributed by atoms with Gasteiger partial charge in [0, 0.05) is 16.0 Å². The lowest BCUT2D eigenvalue weighted by atomic mass is 10.2. The molecule has 20 heavy (non-hydrogen) atoms. The minimum Gasteiger partial charge on any atom is -0.419 e. The highest BCUT2D eigenvalue weighted by molar-refractivity contribution is 9.10. The van der Waals surface area contributed by atoms with Gasteiger partial charge < -0.3 is 4.42 Å². The zero-order chi connectivity index (χ0) is 13.9. The van der Waals surface area contributed by atoms with E-state index in [1.165, 1.54) is 0 Å². The molecule has 8 heteroatoms. The van der Waals surface area contributed by atoms with Crippen molar-refractivity contribution in [1.82, 2.24) is 25.2 Å². The molecule has 0 spiro atoms. The van der Waals surface area contributed by atoms with Gasteiger partial charge in [0.1, 0.15) is 6.54 Å². The third-order valence-electron chi connectivity index (χ3n) is 2.59. The lowest BCUT2D eigenvalue weighted by molar-refractivity contribution is 0.469. The van der Waals surface area contributed by atoms with E-state index in [-0.39, 0.29) is 0 Å². The molecule has 102 valence electrons. The maximum atomic E-state index is 5.64. The summed E-state index contributed by atoms with van der Waals surface area (Å²) in [6.07, 6.45) is 1.83. The fourth-order valence-corrected chi connectivity index (χ4v) is 2.39. The van der Waals surface area contributed by atoms with E-state index in [1.54, 1.807) is 4.68 Å². The third-order valence-corrected chi connectivity index (χ3v) is 3.86. The molecule has 0 fully saturated rings. The number of hydrogen-bond donors (Lipinski definition) is 0. The summed E-state index contributed by atoms with van der Waals surface area (Å²) in [5.41, 5.74) is 1.72. The molecule has 0 saturated heterocycles. The number of rotatable bonds is 4. The van der Waals surface area contributed by atoms with E-state index in [1.807, 2.05) is 30.5 Å². The largest absolute Gasteiger partial charge is 0.419 e. The van der Waals surface area contributed by atoms with E-state index in [0.717, 1.165) is 15.7 Å². The first-order chi connectivity index (χ1) is 9.76. The van der Waals surface area contributed by atoms with E-state index in [0.29, 0.717) is 23.7 Å². The van der Waals surface area contributed by atoms with Crippen LogP contribution in [0.3, 0.4) is 0 Å². The predicted molar refractivity (Wildman–Crippen MR) is 79.2 cm³/mol. The van der Waals surface area contributed by atoms with Crippen molar-refractivity contribution in [3.8, 4) is 11.5 Å². The Kier molecular flexibility index (Phi) is 3.93. The lowest BCUT2D eigenvalue weighted by Gasteiger charge is -1.97. The average molecular weight is 399 g/mol. The first-order valence-corrected chi connectivity index (χ1v) is 7.70. The van der Waals surface area contributed by atoms with Crippen LogP contribution < -0.4 is 0 Å². The lowest BCUT2D eigenvalue weighted by Crippen LogP contribution is -2.00. The molecule has 1 aromatic carbocycles. The summed E-state index contributed by atoms with van der Waals surface area (Å²) >= 11 is 6.79. The highest BCUT2D eigenvalue weighted by Crippen LogP contribution is 2.26. The monoisotopic (exact) mass is 397 g/mol. The number of benzene rings is 1. The summed E-state index contributed by atoms with van der Waals surface area (Å²) in [4.78, 5) is 0. The SMILES string of the molecule is BrCc1cn(Cc2nnc(-c3ccccc3Br)o2)nn1. The van der Waals surface area contributed by atoms with Gasteiger partial charge in [0.15, 0.2) is 0 Å². The molecule has 0 amide bonds. The quantitative estimate of drug-likeness (QED) is 0.631. The fourth-order valence-electron chi connectivity index (χ4n) is 1.68. The molecule has 0 aliphatic heterocycles. The van der Waals surface area contributed by atoms with Crippen molar-refractivity contribution < 1.29 is 4.42 Å². The van der Waals surface area contributed by atoms with Gasteiger partial charge >= 0.3 is 0 Å². The summed E-state index contributed by atoms with van der Waals surface area (Å²) in [6, 6.07) is 7.70. The van der Waals surface area contributed by atoms with Gasteiger partial charge in [-0.25, -0.2) is 4.68 Å². The summed E-state index contributed by atoms with van der Waals surface area (Å²) < 4.78 is 8.22. The molecule has 0 N–H and O–H groups in total. The van der Waals surface area contributed by atoms with E-state index in [9.17, 15) is 0 Å². The first-order valence-electron chi connectivity index (χ1n) is 5.78. The Balaban J connectivity index is 1.82. The Bertz CT molecular complexity index is 724. The second-order valence-electron chi connectivity index (χ2n) is 4.02. The van der Waals surface area contributed by atoms with Gasteiger partial charge in [-0.1, -0.05) is 33.3 Å². The minimum absolute atomic E-state index is 0.400. The zero-order valence-corrected chi connectivity index (χ0v) is 13.4. The van der Waals surface area contributed by atoms with Crippen LogP contribution in [0.5, 0.6) is 0 Å². The molecule has 2 aromatic heterocycles. The number of nitrogens with zero attached hydrogens (tertiary/aromatic N) is 5. The Hall–Kier alpha value is -1.54. The molecule has 6 nitrogen and oxygen atoms in total. The number of alkyl halides is 1. The van der Waals surface area contributed by atoms with Crippen LogP contribution in [0.4, 0.5) is 0 Å². The van der Waals surface area contributed by atoms with Crippen LogP contribution in [-0.4, -0.2) is 25.2 Å². The van der Waals surface area contributed by atoms with Crippen LogP contribution in [0.2, 0.25) is 0 Å². The summed E-state index contributed by atoms with van der Waals surface area (Å²) in [6.45, 7) is 0.400. The summed E-state index contributed by atoms with van der Waals surface area (Å²) in [5.74, 6) is 0.968. The van der Waals surface area contributed by atoms with Crippen LogP contribution >= 0.6 is 31.9 Å². The molecule has 3 aromatic rings. The molecule has 0 saturated carbocycles.